The molecule has 0 unspecified atom stereocenters. The molecule has 0 saturated heterocycles. The van der Waals surface area contributed by atoms with Crippen LogP contribution in [0.2, 0.25) is 0 Å². The molecule has 9 nitrogen and oxygen atoms in total. The van der Waals surface area contributed by atoms with Crippen LogP contribution in [0, 0.1) is 0 Å². The van der Waals surface area contributed by atoms with E-state index in [4.69, 9.17) is 4.74 Å². The number of hydrogen-bond donors (Lipinski definition) is 1. The summed E-state index contributed by atoms with van der Waals surface area (Å²) in [6, 6.07) is 9.93. The predicted octanol–water partition coefficient (Wildman–Crippen LogP) is 2.92. The number of aromatic nitrogens is 4. The molecule has 0 fully saturated rings. The van der Waals surface area contributed by atoms with E-state index in [0.29, 0.717) is 34.2 Å². The SMILES string of the molecule is O=C(COC(=O)c1ccc2c(=O)n3c(nc2c1)CCCCC3)Nc1cccc2nsnc12. The van der Waals surface area contributed by atoms with Gasteiger partial charge in [-0.15, -0.1) is 0 Å². The summed E-state index contributed by atoms with van der Waals surface area (Å²) in [7, 11) is 0. The number of hydrogen-bond acceptors (Lipinski definition) is 8. The van der Waals surface area contributed by atoms with Crippen LogP contribution in [0.5, 0.6) is 0 Å². The van der Waals surface area contributed by atoms with Crippen LogP contribution in [-0.2, 0) is 22.5 Å². The van der Waals surface area contributed by atoms with Crippen molar-refractivity contribution in [2.45, 2.75) is 32.2 Å². The number of anilines is 1. The van der Waals surface area contributed by atoms with E-state index in [1.165, 1.54) is 6.07 Å². The van der Waals surface area contributed by atoms with Gasteiger partial charge in [0.05, 0.1) is 33.9 Å². The fourth-order valence-corrected chi connectivity index (χ4v) is 4.40. The number of carbonyl (C=O) groups is 2. The zero-order valence-corrected chi connectivity index (χ0v) is 17.9. The molecule has 1 aliphatic heterocycles. The van der Waals surface area contributed by atoms with E-state index in [-0.39, 0.29) is 11.1 Å². The Morgan fingerprint density at radius 2 is 2.00 bits per heavy atom. The molecule has 2 aromatic heterocycles. The maximum absolute atomic E-state index is 12.8. The molecule has 0 saturated carbocycles. The van der Waals surface area contributed by atoms with Gasteiger partial charge < -0.3 is 10.1 Å². The van der Waals surface area contributed by atoms with Gasteiger partial charge in [-0.05, 0) is 43.2 Å². The number of carbonyl (C=O) groups excluding carboxylic acids is 2. The summed E-state index contributed by atoms with van der Waals surface area (Å²) in [4.78, 5) is 42.2. The van der Waals surface area contributed by atoms with E-state index in [1.807, 2.05) is 0 Å². The van der Waals surface area contributed by atoms with Crippen molar-refractivity contribution in [3.63, 3.8) is 0 Å². The Morgan fingerprint density at radius 3 is 2.91 bits per heavy atom. The lowest BCUT2D eigenvalue weighted by Gasteiger charge is -2.11. The van der Waals surface area contributed by atoms with Gasteiger partial charge >= 0.3 is 5.97 Å². The highest BCUT2D eigenvalue weighted by atomic mass is 32.1. The quantitative estimate of drug-likeness (QED) is 0.476. The first-order valence-corrected chi connectivity index (χ1v) is 11.0. The molecule has 5 rings (SSSR count). The molecule has 2 aromatic carbocycles. The Hall–Kier alpha value is -3.66. The molecule has 1 aliphatic rings. The minimum absolute atomic E-state index is 0.0862. The highest BCUT2D eigenvalue weighted by Gasteiger charge is 2.17. The van der Waals surface area contributed by atoms with Crippen molar-refractivity contribution in [3.8, 4) is 0 Å². The molecule has 1 N–H and O–H groups in total. The van der Waals surface area contributed by atoms with Gasteiger partial charge in [0, 0.05) is 13.0 Å². The number of amides is 1. The third-order valence-corrected chi connectivity index (χ3v) is 5.99. The molecule has 0 aliphatic carbocycles. The van der Waals surface area contributed by atoms with Crippen molar-refractivity contribution in [1.29, 1.82) is 0 Å². The van der Waals surface area contributed by atoms with Crippen LogP contribution < -0.4 is 10.9 Å². The van der Waals surface area contributed by atoms with Crippen LogP contribution in [0.25, 0.3) is 21.9 Å². The zero-order valence-electron chi connectivity index (χ0n) is 17.0. The second-order valence-electron chi connectivity index (χ2n) is 7.59. The van der Waals surface area contributed by atoms with Crippen molar-refractivity contribution in [1.82, 2.24) is 18.3 Å². The Balaban J connectivity index is 1.31. The number of aryl methyl sites for hydroxylation is 1. The molecule has 0 spiro atoms. The van der Waals surface area contributed by atoms with E-state index < -0.39 is 18.5 Å². The number of nitrogens with one attached hydrogen (secondary N) is 1. The second kappa shape index (κ2) is 8.46. The zero-order chi connectivity index (χ0) is 22.1. The van der Waals surface area contributed by atoms with Gasteiger partial charge in [-0.25, -0.2) is 9.78 Å². The number of nitrogens with zero attached hydrogens (tertiary/aromatic N) is 4. The maximum atomic E-state index is 12.8. The number of esters is 1. The molecule has 4 aromatic rings. The molecule has 0 bridgehead atoms. The van der Waals surface area contributed by atoms with Crippen LogP contribution >= 0.6 is 11.7 Å². The molecule has 32 heavy (non-hydrogen) atoms. The molecular formula is C22H19N5O4S. The number of fused-ring (bicyclic) bond motifs is 3. The van der Waals surface area contributed by atoms with Gasteiger partial charge in [0.25, 0.3) is 11.5 Å². The van der Waals surface area contributed by atoms with Crippen LogP contribution in [-0.4, -0.2) is 36.8 Å². The van der Waals surface area contributed by atoms with Crippen LogP contribution in [0.15, 0.2) is 41.2 Å². The summed E-state index contributed by atoms with van der Waals surface area (Å²) in [6.45, 7) is 0.214. The average Bonchev–Trinajstić information content (AvgIpc) is 3.16. The third-order valence-electron chi connectivity index (χ3n) is 5.45. The van der Waals surface area contributed by atoms with Gasteiger partial charge in [-0.2, -0.15) is 8.75 Å². The van der Waals surface area contributed by atoms with E-state index >= 15 is 0 Å². The lowest BCUT2D eigenvalue weighted by molar-refractivity contribution is -0.119. The first-order chi connectivity index (χ1) is 15.6. The number of rotatable bonds is 4. The van der Waals surface area contributed by atoms with Crippen molar-refractivity contribution >= 4 is 51.2 Å². The van der Waals surface area contributed by atoms with Gasteiger partial charge in [-0.3, -0.25) is 14.2 Å². The minimum Gasteiger partial charge on any atom is -0.452 e. The standard InChI is InChI=1S/C22H19N5O4S/c28-19(24-15-5-4-6-16-20(15)26-32-25-16)12-31-22(30)13-8-9-14-17(11-13)23-18-7-2-1-3-10-27(18)21(14)29/h4-6,8-9,11H,1-3,7,10,12H2,(H,24,28). The molecule has 0 radical (unpaired) electrons. The fourth-order valence-electron chi connectivity index (χ4n) is 3.85. The third kappa shape index (κ3) is 3.84. The lowest BCUT2D eigenvalue weighted by Crippen LogP contribution is -2.25. The van der Waals surface area contributed by atoms with Gasteiger partial charge in [0.1, 0.15) is 16.9 Å². The Labute approximate surface area is 186 Å². The Bertz CT molecular complexity index is 1410. The van der Waals surface area contributed by atoms with E-state index in [9.17, 15) is 14.4 Å². The summed E-state index contributed by atoms with van der Waals surface area (Å²) < 4.78 is 15.2. The monoisotopic (exact) mass is 449 g/mol. The summed E-state index contributed by atoms with van der Waals surface area (Å²) in [5, 5.41) is 3.15. The molecule has 3 heterocycles. The fraction of sp³-hybridized carbons (Fsp3) is 0.273. The molecular weight excluding hydrogens is 430 g/mol. The van der Waals surface area contributed by atoms with Crippen molar-refractivity contribution < 1.29 is 14.3 Å². The normalized spacial score (nSPS) is 13.5. The Morgan fingerprint density at radius 1 is 1.09 bits per heavy atom. The first-order valence-electron chi connectivity index (χ1n) is 10.3. The smallest absolute Gasteiger partial charge is 0.338 e. The summed E-state index contributed by atoms with van der Waals surface area (Å²) in [5.74, 6) is -0.399. The molecule has 162 valence electrons. The lowest BCUT2D eigenvalue weighted by atomic mass is 10.1. The van der Waals surface area contributed by atoms with E-state index in [2.05, 4.69) is 19.0 Å². The highest BCUT2D eigenvalue weighted by molar-refractivity contribution is 7.00. The van der Waals surface area contributed by atoms with Crippen LogP contribution in [0.3, 0.4) is 0 Å². The minimum atomic E-state index is -0.660. The van der Waals surface area contributed by atoms with Crippen molar-refractivity contribution in [2.24, 2.45) is 0 Å². The summed E-state index contributed by atoms with van der Waals surface area (Å²) in [6.07, 6.45) is 3.74. The van der Waals surface area contributed by atoms with Gasteiger partial charge in [0.15, 0.2) is 6.61 Å². The highest BCUT2D eigenvalue weighted by Crippen LogP contribution is 2.21. The van der Waals surface area contributed by atoms with Crippen LogP contribution in [0.4, 0.5) is 5.69 Å². The molecule has 10 heteroatoms. The summed E-state index contributed by atoms with van der Waals surface area (Å²) in [5.41, 5.74) is 2.39. The summed E-state index contributed by atoms with van der Waals surface area (Å²) >= 11 is 1.05. The van der Waals surface area contributed by atoms with E-state index in [1.54, 1.807) is 34.9 Å². The van der Waals surface area contributed by atoms with Gasteiger partial charge in [-0.1, -0.05) is 12.5 Å². The van der Waals surface area contributed by atoms with Crippen molar-refractivity contribution in [2.75, 3.05) is 11.9 Å². The van der Waals surface area contributed by atoms with E-state index in [0.717, 1.165) is 43.2 Å². The largest absolute Gasteiger partial charge is 0.452 e. The first kappa shape index (κ1) is 20.3. The Kier molecular flexibility index (Phi) is 5.36. The number of ether oxygens (including phenoxy) is 1. The second-order valence-corrected chi connectivity index (χ2v) is 8.12. The van der Waals surface area contributed by atoms with Gasteiger partial charge in [0.2, 0.25) is 0 Å². The van der Waals surface area contributed by atoms with Crippen LogP contribution in [0.1, 0.15) is 35.4 Å². The molecule has 0 atom stereocenters. The predicted molar refractivity (Wildman–Crippen MR) is 120 cm³/mol. The average molecular weight is 449 g/mol. The van der Waals surface area contributed by atoms with Crippen molar-refractivity contribution in [3.05, 3.63) is 58.1 Å². The number of benzene rings is 2. The topological polar surface area (TPSA) is 116 Å². The maximum Gasteiger partial charge on any atom is 0.338 e. The molecule has 1 amide bonds.